The number of aryl methyl sites for hydroxylation is 1. The zero-order chi connectivity index (χ0) is 22.2. The number of carboxylic acids is 1. The van der Waals surface area contributed by atoms with Crippen molar-refractivity contribution in [2.24, 2.45) is 0 Å². The van der Waals surface area contributed by atoms with Crippen molar-refractivity contribution in [2.75, 3.05) is 19.5 Å². The van der Waals surface area contributed by atoms with Crippen molar-refractivity contribution in [1.29, 1.82) is 0 Å². The van der Waals surface area contributed by atoms with Gasteiger partial charge in [0.2, 0.25) is 0 Å². The molecule has 0 fully saturated rings. The van der Waals surface area contributed by atoms with Crippen molar-refractivity contribution in [3.8, 4) is 17.0 Å². The summed E-state index contributed by atoms with van der Waals surface area (Å²) in [4.78, 5) is 12.5. The third-order valence-corrected chi connectivity index (χ3v) is 5.90. The summed E-state index contributed by atoms with van der Waals surface area (Å²) in [6.45, 7) is 5.56. The second-order valence-corrected chi connectivity index (χ2v) is 8.10. The van der Waals surface area contributed by atoms with Gasteiger partial charge in [-0.1, -0.05) is 24.3 Å². The third kappa shape index (κ3) is 6.90. The van der Waals surface area contributed by atoms with Gasteiger partial charge in [-0.05, 0) is 67.6 Å². The van der Waals surface area contributed by atoms with Crippen LogP contribution in [0.5, 0.6) is 5.75 Å². The Labute approximate surface area is 204 Å². The van der Waals surface area contributed by atoms with Gasteiger partial charge in [-0.2, -0.15) is 0 Å². The Morgan fingerprint density at radius 2 is 1.75 bits per heavy atom. The molecule has 32 heavy (non-hydrogen) atoms. The predicted molar refractivity (Wildman–Crippen MR) is 125 cm³/mol. The Kier molecular flexibility index (Phi) is 10.4. The number of ether oxygens (including phenoxy) is 2. The molecule has 0 saturated carbocycles. The Bertz CT molecular complexity index is 986. The fraction of sp³-hybridized carbons (Fsp3) is 0.320. The average Bonchev–Trinajstić information content (AvgIpc) is 3.15. The smallest absolute Gasteiger partial charge is 0.333 e. The van der Waals surface area contributed by atoms with E-state index in [-0.39, 0.29) is 16.8 Å². The van der Waals surface area contributed by atoms with E-state index in [4.69, 9.17) is 9.47 Å². The number of carboxylic acid groups (broad SMARTS) is 1. The van der Waals surface area contributed by atoms with Crippen molar-refractivity contribution in [3.05, 3.63) is 71.9 Å². The first-order valence-corrected chi connectivity index (χ1v) is 11.6. The largest absolute Gasteiger partial charge is 0.492 e. The van der Waals surface area contributed by atoms with E-state index in [1.54, 1.807) is 18.7 Å². The minimum atomic E-state index is -0.942. The van der Waals surface area contributed by atoms with E-state index in [1.807, 2.05) is 24.3 Å². The van der Waals surface area contributed by atoms with Crippen LogP contribution < -0.4 is 4.74 Å². The molecule has 0 saturated heterocycles. The summed E-state index contributed by atoms with van der Waals surface area (Å²) in [5.74, 6) is -0.175. The van der Waals surface area contributed by atoms with E-state index in [2.05, 4.69) is 54.1 Å². The fourth-order valence-electron chi connectivity index (χ4n) is 3.49. The number of thioether (sulfide) groups is 1. The van der Waals surface area contributed by atoms with Crippen molar-refractivity contribution in [2.45, 2.75) is 37.8 Å². The van der Waals surface area contributed by atoms with Gasteiger partial charge in [0, 0.05) is 46.1 Å². The molecule has 0 bridgehead atoms. The van der Waals surface area contributed by atoms with Crippen LogP contribution in [0.3, 0.4) is 0 Å². The first-order valence-electron chi connectivity index (χ1n) is 10.4. The molecule has 0 spiro atoms. The van der Waals surface area contributed by atoms with Crippen LogP contribution in [0.25, 0.3) is 11.3 Å². The molecule has 1 aromatic heterocycles. The van der Waals surface area contributed by atoms with Crippen LogP contribution in [0.15, 0.2) is 65.6 Å². The zero-order valence-electron chi connectivity index (χ0n) is 18.5. The van der Waals surface area contributed by atoms with E-state index < -0.39 is 12.1 Å². The van der Waals surface area contributed by atoms with Gasteiger partial charge in [0.25, 0.3) is 0 Å². The van der Waals surface area contributed by atoms with E-state index in [0.29, 0.717) is 19.6 Å². The van der Waals surface area contributed by atoms with Crippen molar-refractivity contribution >= 4 is 17.7 Å². The van der Waals surface area contributed by atoms with Crippen LogP contribution in [0, 0.1) is 6.92 Å². The van der Waals surface area contributed by atoms with E-state index >= 15 is 0 Å². The summed E-state index contributed by atoms with van der Waals surface area (Å²) in [5.41, 5.74) is 4.47. The number of hydrogen-bond acceptors (Lipinski definition) is 4. The summed E-state index contributed by atoms with van der Waals surface area (Å²) in [6, 6.07) is 20.4. The molecule has 0 amide bonds. The standard InChI is InChI=1S/C25H29NO4S.Co/c1-4-29-24(25(27)28)17-19-6-10-21(11-7-19)30-16-15-26-18(2)5-14-23(26)20-8-12-22(31-3)13-9-20;/h5-14,24H,4,15-17H2,1-3H3,(H,27,28);. The number of aliphatic carboxylic acids is 1. The molecule has 3 rings (SSSR count). The summed E-state index contributed by atoms with van der Waals surface area (Å²) < 4.78 is 13.5. The minimum Gasteiger partial charge on any atom is -0.492 e. The Balaban J connectivity index is 0.00000363. The Morgan fingerprint density at radius 1 is 1.06 bits per heavy atom. The fourth-order valence-corrected chi connectivity index (χ4v) is 3.90. The Morgan fingerprint density at radius 3 is 2.34 bits per heavy atom. The molecule has 5 nitrogen and oxygen atoms in total. The maximum absolute atomic E-state index is 11.3. The summed E-state index contributed by atoms with van der Waals surface area (Å²) in [5, 5.41) is 9.23. The second kappa shape index (κ2) is 12.7. The first kappa shape index (κ1) is 26.1. The van der Waals surface area contributed by atoms with Crippen LogP contribution in [0.2, 0.25) is 0 Å². The maximum atomic E-state index is 11.3. The number of nitrogens with zero attached hydrogens (tertiary/aromatic N) is 1. The molecule has 0 aliphatic heterocycles. The number of hydrogen-bond donors (Lipinski definition) is 1. The van der Waals surface area contributed by atoms with Crippen LogP contribution in [0.1, 0.15) is 18.2 Å². The van der Waals surface area contributed by atoms with Crippen molar-refractivity contribution < 1.29 is 36.2 Å². The molecule has 0 aliphatic carbocycles. The summed E-state index contributed by atoms with van der Waals surface area (Å²) >= 11 is 1.74. The molecule has 2 aromatic carbocycles. The van der Waals surface area contributed by atoms with Gasteiger partial charge in [0.15, 0.2) is 6.10 Å². The normalized spacial score (nSPS) is 11.6. The molecular formula is C25H29CoNO4S. The molecule has 1 N–H and O–H groups in total. The molecule has 7 heteroatoms. The minimum absolute atomic E-state index is 0. The van der Waals surface area contributed by atoms with Gasteiger partial charge in [0.1, 0.15) is 12.4 Å². The van der Waals surface area contributed by atoms with Gasteiger partial charge < -0.3 is 19.1 Å². The van der Waals surface area contributed by atoms with Gasteiger partial charge in [0.05, 0.1) is 6.54 Å². The predicted octanol–water partition coefficient (Wildman–Crippen LogP) is 5.29. The number of rotatable bonds is 11. The molecular weight excluding hydrogens is 469 g/mol. The van der Waals surface area contributed by atoms with Gasteiger partial charge in [-0.15, -0.1) is 11.8 Å². The molecule has 1 unspecified atom stereocenters. The topological polar surface area (TPSA) is 60.7 Å². The molecule has 1 heterocycles. The van der Waals surface area contributed by atoms with Gasteiger partial charge in [-0.25, -0.2) is 4.79 Å². The van der Waals surface area contributed by atoms with Crippen LogP contribution >= 0.6 is 11.8 Å². The molecule has 1 atom stereocenters. The van der Waals surface area contributed by atoms with Crippen LogP contribution in [-0.2, 0) is 39.3 Å². The van der Waals surface area contributed by atoms with Crippen molar-refractivity contribution in [1.82, 2.24) is 4.57 Å². The van der Waals surface area contributed by atoms with Crippen LogP contribution in [-0.4, -0.2) is 41.2 Å². The summed E-state index contributed by atoms with van der Waals surface area (Å²) in [6.07, 6.45) is 1.59. The van der Waals surface area contributed by atoms with Gasteiger partial charge in [-0.3, -0.25) is 0 Å². The quantitative estimate of drug-likeness (QED) is 0.364. The first-order chi connectivity index (χ1) is 15.0. The SMILES string of the molecule is CCOC(Cc1ccc(OCCn2c(C)ccc2-c2ccc(SC)cc2)cc1)C(=O)O.[Co]. The summed E-state index contributed by atoms with van der Waals surface area (Å²) in [7, 11) is 0. The maximum Gasteiger partial charge on any atom is 0.333 e. The Hall–Kier alpha value is -2.19. The number of carbonyl (C=O) groups is 1. The molecule has 0 aliphatic rings. The van der Waals surface area contributed by atoms with Crippen molar-refractivity contribution in [3.63, 3.8) is 0 Å². The third-order valence-electron chi connectivity index (χ3n) is 5.16. The average molecular weight is 499 g/mol. The van der Waals surface area contributed by atoms with E-state index in [9.17, 15) is 9.90 Å². The molecule has 3 aromatic rings. The van der Waals surface area contributed by atoms with Gasteiger partial charge >= 0.3 is 5.97 Å². The number of benzene rings is 2. The second-order valence-electron chi connectivity index (χ2n) is 7.22. The number of aromatic nitrogens is 1. The van der Waals surface area contributed by atoms with E-state index in [1.165, 1.54) is 21.8 Å². The molecule has 173 valence electrons. The molecule has 1 radical (unpaired) electrons. The van der Waals surface area contributed by atoms with Crippen LogP contribution in [0.4, 0.5) is 0 Å². The zero-order valence-corrected chi connectivity index (χ0v) is 20.4. The van der Waals surface area contributed by atoms with E-state index in [0.717, 1.165) is 17.9 Å². The monoisotopic (exact) mass is 498 g/mol.